The molecule has 1 fully saturated rings. The van der Waals surface area contributed by atoms with E-state index in [4.69, 9.17) is 4.74 Å². The molecular formula is C17H26N2O2. The molecule has 116 valence electrons. The highest BCUT2D eigenvalue weighted by Gasteiger charge is 2.20. The van der Waals surface area contributed by atoms with Gasteiger partial charge in [-0.3, -0.25) is 4.90 Å². The number of anilines is 1. The van der Waals surface area contributed by atoms with Gasteiger partial charge in [-0.25, -0.2) is 4.79 Å². The average molecular weight is 290 g/mol. The van der Waals surface area contributed by atoms with E-state index in [1.54, 1.807) is 11.9 Å². The van der Waals surface area contributed by atoms with Gasteiger partial charge in [0.05, 0.1) is 0 Å². The first kappa shape index (κ1) is 15.8. The Balaban J connectivity index is 1.91. The molecule has 0 aliphatic heterocycles. The summed E-state index contributed by atoms with van der Waals surface area (Å²) < 4.78 is 5.58. The van der Waals surface area contributed by atoms with Crippen molar-refractivity contribution in [3.63, 3.8) is 0 Å². The molecule has 1 aromatic rings. The molecule has 2 rings (SSSR count). The minimum absolute atomic E-state index is 0.0988. The monoisotopic (exact) mass is 290 g/mol. The smallest absolute Gasteiger partial charge is 0.414 e. The highest BCUT2D eigenvalue weighted by Crippen LogP contribution is 2.22. The van der Waals surface area contributed by atoms with Crippen LogP contribution in [0.4, 0.5) is 10.5 Å². The summed E-state index contributed by atoms with van der Waals surface area (Å²) in [5, 5.41) is 0. The summed E-state index contributed by atoms with van der Waals surface area (Å²) in [5.74, 6) is 0. The van der Waals surface area contributed by atoms with Crippen LogP contribution in [0.2, 0.25) is 0 Å². The summed E-state index contributed by atoms with van der Waals surface area (Å²) in [4.78, 5) is 15.9. The molecular weight excluding hydrogens is 264 g/mol. The van der Waals surface area contributed by atoms with Crippen molar-refractivity contribution in [1.29, 1.82) is 0 Å². The van der Waals surface area contributed by atoms with Gasteiger partial charge in [0.2, 0.25) is 0 Å². The van der Waals surface area contributed by atoms with Crippen LogP contribution in [0.5, 0.6) is 0 Å². The Morgan fingerprint density at radius 3 is 2.29 bits per heavy atom. The molecule has 0 N–H and O–H groups in total. The van der Waals surface area contributed by atoms with Crippen LogP contribution in [0.3, 0.4) is 0 Å². The Hall–Kier alpha value is -1.55. The van der Waals surface area contributed by atoms with Crippen LogP contribution in [-0.4, -0.2) is 38.2 Å². The Morgan fingerprint density at radius 2 is 1.71 bits per heavy atom. The summed E-state index contributed by atoms with van der Waals surface area (Å²) in [6, 6.07) is 8.06. The second kappa shape index (κ2) is 7.46. The van der Waals surface area contributed by atoms with Gasteiger partial charge in [-0.1, -0.05) is 18.6 Å². The molecule has 0 spiro atoms. The molecule has 1 aliphatic carbocycles. The molecule has 0 atom stereocenters. The molecule has 4 nitrogen and oxygen atoms in total. The van der Waals surface area contributed by atoms with E-state index < -0.39 is 0 Å². The van der Waals surface area contributed by atoms with Crippen molar-refractivity contribution in [3.8, 4) is 0 Å². The molecule has 4 heteroatoms. The molecule has 1 aliphatic rings. The van der Waals surface area contributed by atoms with E-state index in [9.17, 15) is 4.79 Å². The Bertz CT molecular complexity index is 450. The van der Waals surface area contributed by atoms with Gasteiger partial charge in [0, 0.05) is 19.3 Å². The van der Waals surface area contributed by atoms with Crippen molar-refractivity contribution in [2.75, 3.05) is 26.0 Å². The quantitative estimate of drug-likeness (QED) is 0.848. The van der Waals surface area contributed by atoms with Crippen LogP contribution in [0.15, 0.2) is 24.3 Å². The normalized spacial score (nSPS) is 16.0. The van der Waals surface area contributed by atoms with E-state index >= 15 is 0 Å². The maximum Gasteiger partial charge on any atom is 0.414 e. The number of carbonyl (C=O) groups is 1. The lowest BCUT2D eigenvalue weighted by atomic mass is 9.98. The van der Waals surface area contributed by atoms with Crippen molar-refractivity contribution < 1.29 is 9.53 Å². The standard InChI is InChI=1S/C17H26N2O2/c1-18(2)13-14-9-11-15(12-10-14)19(3)17(20)21-16-7-5-4-6-8-16/h9-12,16H,4-8,13H2,1-3H3. The maximum absolute atomic E-state index is 12.2. The second-order valence-corrected chi connectivity index (χ2v) is 6.11. The Kier molecular flexibility index (Phi) is 5.62. The van der Waals surface area contributed by atoms with Gasteiger partial charge in [0.1, 0.15) is 6.10 Å². The van der Waals surface area contributed by atoms with E-state index in [-0.39, 0.29) is 12.2 Å². The predicted molar refractivity (Wildman–Crippen MR) is 85.6 cm³/mol. The van der Waals surface area contributed by atoms with Crippen molar-refractivity contribution in [2.45, 2.75) is 44.8 Å². The zero-order valence-corrected chi connectivity index (χ0v) is 13.3. The van der Waals surface area contributed by atoms with Gasteiger partial charge in [0.15, 0.2) is 0 Å². The molecule has 0 heterocycles. The third-order valence-electron chi connectivity index (χ3n) is 3.92. The fourth-order valence-electron chi connectivity index (χ4n) is 2.70. The fourth-order valence-corrected chi connectivity index (χ4v) is 2.70. The Morgan fingerprint density at radius 1 is 1.10 bits per heavy atom. The number of hydrogen-bond acceptors (Lipinski definition) is 3. The molecule has 0 radical (unpaired) electrons. The van der Waals surface area contributed by atoms with E-state index in [1.165, 1.54) is 24.8 Å². The van der Waals surface area contributed by atoms with Crippen LogP contribution in [0.1, 0.15) is 37.7 Å². The van der Waals surface area contributed by atoms with Gasteiger partial charge in [0.25, 0.3) is 0 Å². The first-order valence-corrected chi connectivity index (χ1v) is 7.74. The summed E-state index contributed by atoms with van der Waals surface area (Å²) in [7, 11) is 5.86. The van der Waals surface area contributed by atoms with E-state index in [0.29, 0.717) is 0 Å². The maximum atomic E-state index is 12.2. The van der Waals surface area contributed by atoms with Gasteiger partial charge in [-0.05, 0) is 57.5 Å². The lowest BCUT2D eigenvalue weighted by Gasteiger charge is -2.25. The van der Waals surface area contributed by atoms with Crippen molar-refractivity contribution in [3.05, 3.63) is 29.8 Å². The topological polar surface area (TPSA) is 32.8 Å². The number of benzene rings is 1. The third-order valence-corrected chi connectivity index (χ3v) is 3.92. The van der Waals surface area contributed by atoms with Gasteiger partial charge in [-0.2, -0.15) is 0 Å². The predicted octanol–water partition coefficient (Wildman–Crippen LogP) is 3.65. The number of ether oxygens (including phenoxy) is 1. The first-order valence-electron chi connectivity index (χ1n) is 7.74. The highest BCUT2D eigenvalue weighted by molar-refractivity contribution is 5.87. The summed E-state index contributed by atoms with van der Waals surface area (Å²) in [6.45, 7) is 0.899. The van der Waals surface area contributed by atoms with Crippen LogP contribution < -0.4 is 4.90 Å². The SMILES string of the molecule is CN(C)Cc1ccc(N(C)C(=O)OC2CCCCC2)cc1. The molecule has 0 bridgehead atoms. The van der Waals surface area contributed by atoms with E-state index in [0.717, 1.165) is 25.1 Å². The Labute approximate surface area is 127 Å². The molecule has 21 heavy (non-hydrogen) atoms. The molecule has 0 unspecified atom stereocenters. The van der Waals surface area contributed by atoms with Crippen molar-refractivity contribution >= 4 is 11.8 Å². The average Bonchev–Trinajstić information content (AvgIpc) is 2.47. The zero-order valence-electron chi connectivity index (χ0n) is 13.3. The summed E-state index contributed by atoms with van der Waals surface area (Å²) in [6.07, 6.45) is 5.45. The van der Waals surface area contributed by atoms with Crippen molar-refractivity contribution in [2.24, 2.45) is 0 Å². The summed E-state index contributed by atoms with van der Waals surface area (Å²) >= 11 is 0. The molecule has 1 amide bonds. The molecule has 1 saturated carbocycles. The highest BCUT2D eigenvalue weighted by atomic mass is 16.6. The van der Waals surface area contributed by atoms with Crippen LogP contribution in [0.25, 0.3) is 0 Å². The molecule has 0 aromatic heterocycles. The fraction of sp³-hybridized carbons (Fsp3) is 0.588. The zero-order chi connectivity index (χ0) is 15.2. The molecule has 1 aromatic carbocycles. The minimum Gasteiger partial charge on any atom is -0.446 e. The van der Waals surface area contributed by atoms with E-state index in [1.807, 2.05) is 26.2 Å². The number of carbonyl (C=O) groups excluding carboxylic acids is 1. The first-order chi connectivity index (χ1) is 10.1. The van der Waals surface area contributed by atoms with Crippen LogP contribution in [0, 0.1) is 0 Å². The van der Waals surface area contributed by atoms with Crippen molar-refractivity contribution in [1.82, 2.24) is 4.90 Å². The summed E-state index contributed by atoms with van der Waals surface area (Å²) in [5.41, 5.74) is 2.11. The minimum atomic E-state index is -0.248. The number of amides is 1. The van der Waals surface area contributed by atoms with Gasteiger partial charge >= 0.3 is 6.09 Å². The molecule has 0 saturated heterocycles. The largest absolute Gasteiger partial charge is 0.446 e. The number of nitrogens with zero attached hydrogens (tertiary/aromatic N) is 2. The van der Waals surface area contributed by atoms with Crippen LogP contribution >= 0.6 is 0 Å². The van der Waals surface area contributed by atoms with Gasteiger partial charge in [-0.15, -0.1) is 0 Å². The van der Waals surface area contributed by atoms with E-state index in [2.05, 4.69) is 17.0 Å². The lowest BCUT2D eigenvalue weighted by molar-refractivity contribution is 0.0818. The van der Waals surface area contributed by atoms with Crippen LogP contribution in [-0.2, 0) is 11.3 Å². The number of hydrogen-bond donors (Lipinski definition) is 0. The second-order valence-electron chi connectivity index (χ2n) is 6.11. The third kappa shape index (κ3) is 4.74. The van der Waals surface area contributed by atoms with Gasteiger partial charge < -0.3 is 9.64 Å². The lowest BCUT2D eigenvalue weighted by Crippen LogP contribution is -2.31. The number of rotatable bonds is 4.